The van der Waals surface area contributed by atoms with E-state index in [0.717, 1.165) is 32.1 Å². The Morgan fingerprint density at radius 3 is 2.62 bits per heavy atom. The van der Waals surface area contributed by atoms with Crippen LogP contribution in [0.5, 0.6) is 0 Å². The molecule has 1 amide bonds. The predicted octanol–water partition coefficient (Wildman–Crippen LogP) is 5.82. The molecule has 128 valence electrons. The molecule has 1 N–H and O–H groups in total. The van der Waals surface area contributed by atoms with Gasteiger partial charge in [0.15, 0.2) is 5.58 Å². The maximum absolute atomic E-state index is 13.0. The summed E-state index contributed by atoms with van der Waals surface area (Å²) in [6, 6.07) is 3.49. The van der Waals surface area contributed by atoms with Crippen molar-refractivity contribution in [2.45, 2.75) is 51.9 Å². The van der Waals surface area contributed by atoms with Crippen molar-refractivity contribution in [3.8, 4) is 0 Å². The largest absolute Gasteiger partial charge is 0.422 e. The van der Waals surface area contributed by atoms with E-state index in [4.69, 9.17) is 27.6 Å². The third-order valence-corrected chi connectivity index (χ3v) is 6.25. The molecule has 2 aliphatic carbocycles. The van der Waals surface area contributed by atoms with Crippen molar-refractivity contribution in [2.24, 2.45) is 10.8 Å². The Bertz CT molecular complexity index is 805. The summed E-state index contributed by atoms with van der Waals surface area (Å²) >= 11 is 12.1. The van der Waals surface area contributed by atoms with E-state index in [1.165, 1.54) is 12.8 Å². The molecule has 2 fully saturated rings. The van der Waals surface area contributed by atoms with E-state index in [1.807, 2.05) is 0 Å². The molecule has 1 aromatic carbocycles. The number of nitrogens with one attached hydrogen (secondary N) is 1. The van der Waals surface area contributed by atoms with Gasteiger partial charge in [0.1, 0.15) is 5.52 Å². The molecular formula is C18H20Cl2N2O2. The number of carbonyl (C=O) groups is 1. The lowest BCUT2D eigenvalue weighted by atomic mass is 9.55. The van der Waals surface area contributed by atoms with Crippen molar-refractivity contribution in [3.63, 3.8) is 0 Å². The number of carbonyl (C=O) groups excluding carboxylic acids is 1. The van der Waals surface area contributed by atoms with Crippen molar-refractivity contribution in [3.05, 3.63) is 22.2 Å². The van der Waals surface area contributed by atoms with Crippen LogP contribution in [0.15, 0.2) is 16.5 Å². The summed E-state index contributed by atoms with van der Waals surface area (Å²) < 4.78 is 5.64. The summed E-state index contributed by atoms with van der Waals surface area (Å²) in [6.07, 6.45) is 7.51. The van der Waals surface area contributed by atoms with Crippen LogP contribution in [0.2, 0.25) is 10.0 Å². The molecule has 4 nitrogen and oxygen atoms in total. The second-order valence-electron chi connectivity index (χ2n) is 7.68. The molecule has 1 aromatic heterocycles. The second-order valence-corrected chi connectivity index (χ2v) is 8.53. The predicted molar refractivity (Wildman–Crippen MR) is 95.5 cm³/mol. The molecule has 2 saturated carbocycles. The molecule has 2 bridgehead atoms. The fraction of sp³-hybridized carbons (Fsp3) is 0.556. The maximum Gasteiger partial charge on any atom is 0.302 e. The Morgan fingerprint density at radius 1 is 1.21 bits per heavy atom. The number of oxazole rings is 1. The lowest BCUT2D eigenvalue weighted by Gasteiger charge is -2.49. The Kier molecular flexibility index (Phi) is 3.81. The zero-order valence-electron chi connectivity index (χ0n) is 13.6. The average Bonchev–Trinajstić information content (AvgIpc) is 2.89. The minimum absolute atomic E-state index is 0.0295. The van der Waals surface area contributed by atoms with Gasteiger partial charge in [-0.25, -0.2) is 0 Å². The van der Waals surface area contributed by atoms with Gasteiger partial charge in [-0.15, -0.1) is 0 Å². The first-order valence-corrected chi connectivity index (χ1v) is 9.22. The molecule has 0 spiro atoms. The molecule has 0 unspecified atom stereocenters. The van der Waals surface area contributed by atoms with E-state index in [9.17, 15) is 4.79 Å². The standard InChI is InChI=1S/C18H20Cl2N2O2/c1-17-4-2-6-18(10-17,7-3-5-17)15(23)22-16-21-13-9-11(19)8-12(20)14(13)24-16/h8-9H,2-7,10H2,1H3,(H,21,22,23). The fourth-order valence-electron chi connectivity index (χ4n) is 4.68. The molecule has 2 aromatic rings. The third-order valence-electron chi connectivity index (χ3n) is 5.75. The highest BCUT2D eigenvalue weighted by molar-refractivity contribution is 6.38. The van der Waals surface area contributed by atoms with Crippen LogP contribution in [0.4, 0.5) is 6.01 Å². The lowest BCUT2D eigenvalue weighted by Crippen LogP contribution is -2.46. The number of benzene rings is 1. The van der Waals surface area contributed by atoms with E-state index < -0.39 is 0 Å². The van der Waals surface area contributed by atoms with Crippen LogP contribution >= 0.6 is 23.2 Å². The van der Waals surface area contributed by atoms with Crippen molar-refractivity contribution in [1.29, 1.82) is 0 Å². The molecule has 1 heterocycles. The molecule has 0 saturated heterocycles. The Labute approximate surface area is 150 Å². The highest BCUT2D eigenvalue weighted by Gasteiger charge is 2.49. The first kappa shape index (κ1) is 16.2. The number of fused-ring (bicyclic) bond motifs is 3. The van der Waals surface area contributed by atoms with Crippen LogP contribution in [0, 0.1) is 10.8 Å². The summed E-state index contributed by atoms with van der Waals surface area (Å²) in [6.45, 7) is 2.31. The highest BCUT2D eigenvalue weighted by atomic mass is 35.5. The van der Waals surface area contributed by atoms with Gasteiger partial charge < -0.3 is 4.42 Å². The van der Waals surface area contributed by atoms with E-state index in [2.05, 4.69) is 17.2 Å². The third kappa shape index (κ3) is 2.70. The summed E-state index contributed by atoms with van der Waals surface area (Å²) in [7, 11) is 0. The van der Waals surface area contributed by atoms with Crippen LogP contribution in [0.3, 0.4) is 0 Å². The van der Waals surface area contributed by atoms with Gasteiger partial charge in [0.2, 0.25) is 5.91 Å². The zero-order chi connectivity index (χ0) is 16.9. The topological polar surface area (TPSA) is 55.1 Å². The smallest absolute Gasteiger partial charge is 0.302 e. The summed E-state index contributed by atoms with van der Waals surface area (Å²) in [5.41, 5.74) is 1.02. The highest BCUT2D eigenvalue weighted by Crippen LogP contribution is 2.55. The SMILES string of the molecule is CC12CCCC(C(=O)Nc3nc4cc(Cl)cc(Cl)c4o3)(CCC1)C2. The van der Waals surface area contributed by atoms with Gasteiger partial charge in [-0.1, -0.05) is 43.0 Å². The van der Waals surface area contributed by atoms with Gasteiger partial charge in [0.05, 0.1) is 10.4 Å². The average molecular weight is 367 g/mol. The van der Waals surface area contributed by atoms with E-state index in [0.29, 0.717) is 26.6 Å². The number of halogens is 2. The first-order chi connectivity index (χ1) is 11.4. The number of rotatable bonds is 2. The van der Waals surface area contributed by atoms with E-state index in [1.54, 1.807) is 12.1 Å². The second kappa shape index (κ2) is 5.63. The molecule has 2 aliphatic rings. The summed E-state index contributed by atoms with van der Waals surface area (Å²) in [5, 5.41) is 3.78. The fourth-order valence-corrected chi connectivity index (χ4v) is 5.20. The van der Waals surface area contributed by atoms with Crippen molar-refractivity contribution in [2.75, 3.05) is 5.32 Å². The van der Waals surface area contributed by atoms with Crippen LogP contribution < -0.4 is 5.32 Å². The monoisotopic (exact) mass is 366 g/mol. The molecule has 0 atom stereocenters. The quantitative estimate of drug-likeness (QED) is 0.727. The van der Waals surface area contributed by atoms with Gasteiger partial charge in [-0.2, -0.15) is 4.98 Å². The summed E-state index contributed by atoms with van der Waals surface area (Å²) in [4.78, 5) is 17.3. The normalized spacial score (nSPS) is 29.6. The number of amides is 1. The molecule has 6 heteroatoms. The van der Waals surface area contributed by atoms with Gasteiger partial charge in [0.25, 0.3) is 0 Å². The van der Waals surface area contributed by atoms with Crippen molar-refractivity contribution < 1.29 is 9.21 Å². The minimum Gasteiger partial charge on any atom is -0.422 e. The van der Waals surface area contributed by atoms with Crippen LogP contribution in [-0.2, 0) is 4.79 Å². The van der Waals surface area contributed by atoms with Gasteiger partial charge in [0, 0.05) is 5.02 Å². The van der Waals surface area contributed by atoms with Crippen molar-refractivity contribution in [1.82, 2.24) is 4.98 Å². The molecule has 4 rings (SSSR count). The van der Waals surface area contributed by atoms with Gasteiger partial charge >= 0.3 is 6.01 Å². The molecular weight excluding hydrogens is 347 g/mol. The number of anilines is 1. The van der Waals surface area contributed by atoms with Crippen LogP contribution in [0.25, 0.3) is 11.1 Å². The zero-order valence-corrected chi connectivity index (χ0v) is 15.1. The van der Waals surface area contributed by atoms with Crippen molar-refractivity contribution >= 4 is 46.2 Å². The number of hydrogen-bond acceptors (Lipinski definition) is 3. The van der Waals surface area contributed by atoms with Gasteiger partial charge in [-0.3, -0.25) is 10.1 Å². The summed E-state index contributed by atoms with van der Waals surface area (Å²) in [5.74, 6) is 0.0295. The Hall–Kier alpha value is -1.26. The maximum atomic E-state index is 13.0. The van der Waals surface area contributed by atoms with E-state index in [-0.39, 0.29) is 17.3 Å². The Balaban J connectivity index is 1.61. The molecule has 0 aliphatic heterocycles. The lowest BCUT2D eigenvalue weighted by molar-refractivity contribution is -0.133. The van der Waals surface area contributed by atoms with E-state index >= 15 is 0 Å². The van der Waals surface area contributed by atoms with Crippen LogP contribution in [0.1, 0.15) is 51.9 Å². The Morgan fingerprint density at radius 2 is 1.92 bits per heavy atom. The van der Waals surface area contributed by atoms with Crippen LogP contribution in [-0.4, -0.2) is 10.9 Å². The number of hydrogen-bond donors (Lipinski definition) is 1. The molecule has 24 heavy (non-hydrogen) atoms. The minimum atomic E-state index is -0.284. The first-order valence-electron chi connectivity index (χ1n) is 8.46. The van der Waals surface area contributed by atoms with Gasteiger partial charge in [-0.05, 0) is 49.7 Å². The number of aromatic nitrogens is 1. The number of nitrogens with zero attached hydrogens (tertiary/aromatic N) is 1. The molecule has 0 radical (unpaired) electrons.